The second-order valence-corrected chi connectivity index (χ2v) is 5.96. The van der Waals surface area contributed by atoms with Crippen LogP contribution in [0.2, 0.25) is 0 Å². The van der Waals surface area contributed by atoms with E-state index in [1.807, 2.05) is 4.90 Å². The predicted molar refractivity (Wildman–Crippen MR) is 69.2 cm³/mol. The van der Waals surface area contributed by atoms with Crippen LogP contribution in [0.15, 0.2) is 18.3 Å². The van der Waals surface area contributed by atoms with Gasteiger partial charge in [-0.2, -0.15) is 0 Å². The summed E-state index contributed by atoms with van der Waals surface area (Å²) in [6.07, 6.45) is 1.10. The lowest BCUT2D eigenvalue weighted by Gasteiger charge is -2.35. The molecule has 4 nitrogen and oxygen atoms in total. The minimum absolute atomic E-state index is 0.0978. The summed E-state index contributed by atoms with van der Waals surface area (Å²) in [5.41, 5.74) is 0.142. The Hall–Kier alpha value is -1.49. The molecule has 3 rings (SSSR count). The first-order chi connectivity index (χ1) is 9.00. The van der Waals surface area contributed by atoms with Gasteiger partial charge in [0.05, 0.1) is 6.20 Å². The van der Waals surface area contributed by atoms with E-state index in [2.05, 4.69) is 24.1 Å². The number of hydrogen-bond acceptors (Lipinski definition) is 3. The van der Waals surface area contributed by atoms with Gasteiger partial charge >= 0.3 is 0 Å². The summed E-state index contributed by atoms with van der Waals surface area (Å²) in [5, 5.41) is 3.38. The van der Waals surface area contributed by atoms with Gasteiger partial charge in [0.25, 0.3) is 5.91 Å². The molecule has 2 saturated heterocycles. The zero-order valence-corrected chi connectivity index (χ0v) is 11.2. The average molecular weight is 263 g/mol. The Labute approximate surface area is 112 Å². The topological polar surface area (TPSA) is 45.2 Å². The van der Waals surface area contributed by atoms with Crippen molar-refractivity contribution in [2.24, 2.45) is 11.8 Å². The number of halogens is 1. The molecule has 102 valence electrons. The maximum absolute atomic E-state index is 12.9. The van der Waals surface area contributed by atoms with E-state index in [0.717, 1.165) is 25.8 Å². The third kappa shape index (κ3) is 1.92. The van der Waals surface area contributed by atoms with Crippen LogP contribution in [0.1, 0.15) is 24.3 Å². The van der Waals surface area contributed by atoms with E-state index in [4.69, 9.17) is 0 Å². The Morgan fingerprint density at radius 3 is 2.89 bits per heavy atom. The molecule has 19 heavy (non-hydrogen) atoms. The quantitative estimate of drug-likeness (QED) is 0.830. The fraction of sp³-hybridized carbons (Fsp3) is 0.571. The fourth-order valence-electron chi connectivity index (χ4n) is 3.41. The Balaban J connectivity index is 1.86. The Morgan fingerprint density at radius 1 is 1.47 bits per heavy atom. The van der Waals surface area contributed by atoms with Crippen molar-refractivity contribution in [3.63, 3.8) is 0 Å². The first-order valence-electron chi connectivity index (χ1n) is 6.64. The summed E-state index contributed by atoms with van der Waals surface area (Å²) in [5.74, 6) is 0.481. The highest BCUT2D eigenvalue weighted by Crippen LogP contribution is 2.41. The second kappa shape index (κ2) is 4.27. The number of rotatable bonds is 1. The number of carbonyl (C=O) groups excluding carboxylic acids is 1. The van der Waals surface area contributed by atoms with Gasteiger partial charge in [0.2, 0.25) is 0 Å². The first-order valence-corrected chi connectivity index (χ1v) is 6.64. The zero-order chi connectivity index (χ0) is 13.6. The molecule has 2 atom stereocenters. The molecule has 5 heteroatoms. The number of nitrogens with one attached hydrogen (secondary N) is 1. The van der Waals surface area contributed by atoms with Crippen LogP contribution in [0.5, 0.6) is 0 Å². The third-order valence-corrected chi connectivity index (χ3v) is 4.55. The van der Waals surface area contributed by atoms with E-state index >= 15 is 0 Å². The lowest BCUT2D eigenvalue weighted by molar-refractivity contribution is 0.0597. The number of fused-ring (bicyclic) bond motifs is 1. The second-order valence-electron chi connectivity index (χ2n) is 5.96. The molecule has 2 aliphatic heterocycles. The molecule has 0 spiro atoms. The summed E-state index contributed by atoms with van der Waals surface area (Å²) in [7, 11) is 0. The van der Waals surface area contributed by atoms with Crippen molar-refractivity contribution in [2.45, 2.75) is 19.4 Å². The van der Waals surface area contributed by atoms with Gasteiger partial charge < -0.3 is 10.2 Å². The largest absolute Gasteiger partial charge is 0.332 e. The van der Waals surface area contributed by atoms with Gasteiger partial charge in [-0.15, -0.1) is 0 Å². The van der Waals surface area contributed by atoms with Gasteiger partial charge in [0.15, 0.2) is 0 Å². The van der Waals surface area contributed by atoms with Gasteiger partial charge in [0.1, 0.15) is 11.5 Å². The highest BCUT2D eigenvalue weighted by Gasteiger charge is 2.51. The minimum atomic E-state index is -0.418. The number of pyridine rings is 1. The molecule has 2 aliphatic rings. The molecular formula is C14H18FN3O. The van der Waals surface area contributed by atoms with Gasteiger partial charge in [-0.25, -0.2) is 9.37 Å². The van der Waals surface area contributed by atoms with Crippen molar-refractivity contribution < 1.29 is 9.18 Å². The van der Waals surface area contributed by atoms with Crippen LogP contribution in [-0.4, -0.2) is 41.0 Å². The van der Waals surface area contributed by atoms with Crippen molar-refractivity contribution in [1.82, 2.24) is 15.2 Å². The van der Waals surface area contributed by atoms with Gasteiger partial charge in [-0.1, -0.05) is 0 Å². The van der Waals surface area contributed by atoms with Crippen LogP contribution in [0.4, 0.5) is 4.39 Å². The molecule has 1 amide bonds. The third-order valence-electron chi connectivity index (χ3n) is 4.55. The van der Waals surface area contributed by atoms with Crippen LogP contribution < -0.4 is 5.32 Å². The van der Waals surface area contributed by atoms with E-state index in [1.54, 1.807) is 0 Å². The van der Waals surface area contributed by atoms with Gasteiger partial charge in [-0.3, -0.25) is 4.79 Å². The van der Waals surface area contributed by atoms with E-state index in [-0.39, 0.29) is 11.4 Å². The molecule has 0 bridgehead atoms. The zero-order valence-electron chi connectivity index (χ0n) is 11.2. The standard InChI is InChI=1S/C14H18FN3O/c1-14(2)11-7-16-5-9(11)8-18(14)13(19)12-4-3-10(15)6-17-12/h3-4,6,9,11,16H,5,7-8H2,1-2H3. The lowest BCUT2D eigenvalue weighted by atomic mass is 9.85. The van der Waals surface area contributed by atoms with E-state index in [9.17, 15) is 9.18 Å². The first kappa shape index (κ1) is 12.5. The highest BCUT2D eigenvalue weighted by atomic mass is 19.1. The number of nitrogens with zero attached hydrogens (tertiary/aromatic N) is 2. The van der Waals surface area contributed by atoms with E-state index in [1.165, 1.54) is 12.1 Å². The van der Waals surface area contributed by atoms with Crippen molar-refractivity contribution in [3.05, 3.63) is 29.8 Å². The molecule has 0 radical (unpaired) electrons. The highest BCUT2D eigenvalue weighted by molar-refractivity contribution is 5.93. The number of likely N-dealkylation sites (tertiary alicyclic amines) is 1. The van der Waals surface area contributed by atoms with E-state index in [0.29, 0.717) is 17.5 Å². The van der Waals surface area contributed by atoms with Crippen LogP contribution in [-0.2, 0) is 0 Å². The summed E-state index contributed by atoms with van der Waals surface area (Å²) in [6, 6.07) is 2.74. The molecule has 1 aromatic heterocycles. The van der Waals surface area contributed by atoms with E-state index < -0.39 is 5.82 Å². The maximum atomic E-state index is 12.9. The Kier molecular flexibility index (Phi) is 2.82. The van der Waals surface area contributed by atoms with Gasteiger partial charge in [-0.05, 0) is 37.8 Å². The summed E-state index contributed by atoms with van der Waals surface area (Å²) < 4.78 is 12.9. The summed E-state index contributed by atoms with van der Waals surface area (Å²) >= 11 is 0. The summed E-state index contributed by atoms with van der Waals surface area (Å²) in [6.45, 7) is 6.88. The number of hydrogen-bond donors (Lipinski definition) is 1. The van der Waals surface area contributed by atoms with Crippen molar-refractivity contribution in [1.29, 1.82) is 0 Å². The summed E-state index contributed by atoms with van der Waals surface area (Å²) in [4.78, 5) is 18.3. The molecule has 3 heterocycles. The number of aromatic nitrogens is 1. The Bertz CT molecular complexity index is 500. The molecule has 0 aromatic carbocycles. The van der Waals surface area contributed by atoms with Crippen molar-refractivity contribution in [3.8, 4) is 0 Å². The van der Waals surface area contributed by atoms with Crippen LogP contribution in [0.25, 0.3) is 0 Å². The lowest BCUT2D eigenvalue weighted by Crippen LogP contribution is -2.47. The van der Waals surface area contributed by atoms with Crippen LogP contribution in [0, 0.1) is 17.7 Å². The normalized spacial score (nSPS) is 28.5. The maximum Gasteiger partial charge on any atom is 0.272 e. The fourth-order valence-corrected chi connectivity index (χ4v) is 3.41. The smallest absolute Gasteiger partial charge is 0.272 e. The van der Waals surface area contributed by atoms with Gasteiger partial charge in [0, 0.05) is 25.2 Å². The molecule has 2 unspecified atom stereocenters. The van der Waals surface area contributed by atoms with Crippen molar-refractivity contribution in [2.75, 3.05) is 19.6 Å². The minimum Gasteiger partial charge on any atom is -0.332 e. The Morgan fingerprint density at radius 2 is 2.26 bits per heavy atom. The molecule has 1 aromatic rings. The average Bonchev–Trinajstić information content (AvgIpc) is 2.92. The van der Waals surface area contributed by atoms with Crippen LogP contribution >= 0.6 is 0 Å². The molecule has 0 aliphatic carbocycles. The predicted octanol–water partition coefficient (Wildman–Crippen LogP) is 1.29. The molecule has 1 N–H and O–H groups in total. The monoisotopic (exact) mass is 263 g/mol. The number of amides is 1. The van der Waals surface area contributed by atoms with Crippen molar-refractivity contribution >= 4 is 5.91 Å². The molecule has 2 fully saturated rings. The van der Waals surface area contributed by atoms with Crippen LogP contribution in [0.3, 0.4) is 0 Å². The molecular weight excluding hydrogens is 245 g/mol. The molecule has 0 saturated carbocycles. The number of carbonyl (C=O) groups is 1. The SMILES string of the molecule is CC1(C)C2CNCC2CN1C(=O)c1ccc(F)cn1.